The van der Waals surface area contributed by atoms with Crippen molar-refractivity contribution in [1.82, 2.24) is 10.2 Å². The highest BCUT2D eigenvalue weighted by Gasteiger charge is 2.29. The van der Waals surface area contributed by atoms with Crippen molar-refractivity contribution in [3.8, 4) is 0 Å². The molecule has 0 aliphatic carbocycles. The molecule has 1 aromatic carbocycles. The van der Waals surface area contributed by atoms with E-state index in [0.29, 0.717) is 18.6 Å². The Morgan fingerprint density at radius 2 is 1.79 bits per heavy atom. The molecule has 1 aromatic rings. The first kappa shape index (κ1) is 23.8. The van der Waals surface area contributed by atoms with E-state index in [0.717, 1.165) is 43.7 Å². The van der Waals surface area contributed by atoms with E-state index in [-0.39, 0.29) is 22.8 Å². The predicted octanol–water partition coefficient (Wildman–Crippen LogP) is 3.38. The van der Waals surface area contributed by atoms with Crippen LogP contribution >= 0.6 is 23.5 Å². The van der Waals surface area contributed by atoms with Crippen molar-refractivity contribution in [3.05, 3.63) is 35.9 Å². The average Bonchev–Trinajstić information content (AvgIpc) is 2.74. The van der Waals surface area contributed by atoms with Gasteiger partial charge in [0.1, 0.15) is 6.04 Å². The maximum atomic E-state index is 13.1. The second kappa shape index (κ2) is 13.0. The Labute approximate surface area is 182 Å². The molecule has 29 heavy (non-hydrogen) atoms. The van der Waals surface area contributed by atoms with Crippen LogP contribution in [0.2, 0.25) is 0 Å². The molecule has 160 valence electrons. The highest BCUT2D eigenvalue weighted by molar-refractivity contribution is 8.13. The molecule has 7 heteroatoms. The van der Waals surface area contributed by atoms with Crippen LogP contribution < -0.4 is 5.32 Å². The molecule has 1 fully saturated rings. The third-order valence-electron chi connectivity index (χ3n) is 5.08. The molecule has 1 unspecified atom stereocenters. The maximum absolute atomic E-state index is 13.1. The van der Waals surface area contributed by atoms with Crippen LogP contribution in [0.15, 0.2) is 30.3 Å². The molecule has 1 heterocycles. The van der Waals surface area contributed by atoms with Gasteiger partial charge in [-0.3, -0.25) is 14.4 Å². The first-order chi connectivity index (χ1) is 14.0. The number of nitrogens with zero attached hydrogens (tertiary/aromatic N) is 1. The lowest BCUT2D eigenvalue weighted by atomic mass is 9.99. The number of amides is 2. The Kier molecular flexibility index (Phi) is 10.6. The van der Waals surface area contributed by atoms with E-state index in [4.69, 9.17) is 0 Å². The lowest BCUT2D eigenvalue weighted by Crippen LogP contribution is -2.51. The van der Waals surface area contributed by atoms with Gasteiger partial charge in [-0.2, -0.15) is 11.8 Å². The van der Waals surface area contributed by atoms with Crippen molar-refractivity contribution in [3.63, 3.8) is 0 Å². The highest BCUT2D eigenvalue weighted by atomic mass is 32.2. The molecule has 1 aliphatic rings. The van der Waals surface area contributed by atoms with Crippen LogP contribution in [-0.4, -0.2) is 58.7 Å². The molecular formula is C22H32N2O3S2. The summed E-state index contributed by atoms with van der Waals surface area (Å²) in [6.45, 7) is 3.07. The molecule has 0 saturated carbocycles. The van der Waals surface area contributed by atoms with Crippen LogP contribution in [0, 0.1) is 5.92 Å². The predicted molar refractivity (Wildman–Crippen MR) is 122 cm³/mol. The molecule has 5 nitrogen and oxygen atoms in total. The number of benzene rings is 1. The molecule has 0 radical (unpaired) electrons. The first-order valence-corrected chi connectivity index (χ1v) is 12.6. The van der Waals surface area contributed by atoms with Gasteiger partial charge in [0, 0.05) is 25.8 Å². The van der Waals surface area contributed by atoms with Gasteiger partial charge >= 0.3 is 0 Å². The van der Waals surface area contributed by atoms with E-state index in [2.05, 4.69) is 5.32 Å². The van der Waals surface area contributed by atoms with Crippen LogP contribution in [0.25, 0.3) is 0 Å². The van der Waals surface area contributed by atoms with Gasteiger partial charge in [-0.05, 0) is 49.7 Å². The summed E-state index contributed by atoms with van der Waals surface area (Å²) < 4.78 is 0. The Morgan fingerprint density at radius 3 is 2.41 bits per heavy atom. The van der Waals surface area contributed by atoms with Crippen LogP contribution in [0.1, 0.15) is 38.2 Å². The van der Waals surface area contributed by atoms with Gasteiger partial charge in [-0.1, -0.05) is 42.1 Å². The number of carbonyl (C=O) groups excluding carboxylic acids is 3. The molecule has 1 aliphatic heterocycles. The minimum atomic E-state index is -0.492. The van der Waals surface area contributed by atoms with Gasteiger partial charge in [-0.25, -0.2) is 0 Å². The van der Waals surface area contributed by atoms with Crippen molar-refractivity contribution in [1.29, 1.82) is 0 Å². The molecular weight excluding hydrogens is 404 g/mol. The number of nitrogens with one attached hydrogen (secondary N) is 1. The summed E-state index contributed by atoms with van der Waals surface area (Å²) in [7, 11) is 0. The number of rotatable bonds is 10. The van der Waals surface area contributed by atoms with E-state index in [1.807, 2.05) is 41.5 Å². The van der Waals surface area contributed by atoms with Gasteiger partial charge in [0.15, 0.2) is 5.12 Å². The number of likely N-dealkylation sites (tertiary alicyclic amines) is 1. The molecule has 2 amide bonds. The normalized spacial score (nSPS) is 16.1. The summed E-state index contributed by atoms with van der Waals surface area (Å²) in [5.74, 6) is 0.778. The number of hydrogen-bond acceptors (Lipinski definition) is 5. The fourth-order valence-electron chi connectivity index (χ4n) is 3.46. The quantitative estimate of drug-likeness (QED) is 0.609. The zero-order valence-corrected chi connectivity index (χ0v) is 19.0. The molecule has 0 aromatic heterocycles. The standard InChI is InChI=1S/C22H32N2O3S2/c1-17(25)29-16-19(15-18-9-5-3-6-10-18)21(26)23-20(11-14-28-2)22(27)24-12-7-4-8-13-24/h3,5-6,9-10,19-20H,4,7-8,11-16H2,1-2H3,(H,23,26)/t19?,20-/m1/s1. The van der Waals surface area contributed by atoms with Crippen molar-refractivity contribution < 1.29 is 14.4 Å². The summed E-state index contributed by atoms with van der Waals surface area (Å²) in [6.07, 6.45) is 6.40. The zero-order chi connectivity index (χ0) is 21.1. The fraction of sp³-hybridized carbons (Fsp3) is 0.591. The van der Waals surface area contributed by atoms with Crippen molar-refractivity contribution in [2.24, 2.45) is 5.92 Å². The van der Waals surface area contributed by atoms with Crippen LogP contribution in [0.3, 0.4) is 0 Å². The smallest absolute Gasteiger partial charge is 0.245 e. The lowest BCUT2D eigenvalue weighted by Gasteiger charge is -2.31. The average molecular weight is 437 g/mol. The maximum Gasteiger partial charge on any atom is 0.245 e. The Morgan fingerprint density at radius 1 is 1.10 bits per heavy atom. The minimum absolute atomic E-state index is 0.000752. The second-order valence-electron chi connectivity index (χ2n) is 7.42. The van der Waals surface area contributed by atoms with Crippen LogP contribution in [-0.2, 0) is 20.8 Å². The minimum Gasteiger partial charge on any atom is -0.344 e. The van der Waals surface area contributed by atoms with Crippen molar-refractivity contribution in [2.45, 2.75) is 45.1 Å². The van der Waals surface area contributed by atoms with E-state index in [1.165, 1.54) is 18.7 Å². The van der Waals surface area contributed by atoms with E-state index >= 15 is 0 Å². The van der Waals surface area contributed by atoms with Crippen LogP contribution in [0.4, 0.5) is 0 Å². The zero-order valence-electron chi connectivity index (χ0n) is 17.4. The Hall–Kier alpha value is -1.47. The Bertz CT molecular complexity index is 663. The highest BCUT2D eigenvalue weighted by Crippen LogP contribution is 2.18. The molecule has 0 bridgehead atoms. The number of thioether (sulfide) groups is 2. The van der Waals surface area contributed by atoms with Gasteiger partial charge in [0.25, 0.3) is 0 Å². The summed E-state index contributed by atoms with van der Waals surface area (Å²) >= 11 is 2.84. The van der Waals surface area contributed by atoms with E-state index in [9.17, 15) is 14.4 Å². The largest absolute Gasteiger partial charge is 0.344 e. The molecule has 2 rings (SSSR count). The number of piperidine rings is 1. The SMILES string of the molecule is CSCC[C@@H](NC(=O)C(CSC(C)=O)Cc1ccccc1)C(=O)N1CCCCC1. The monoisotopic (exact) mass is 436 g/mol. The summed E-state index contributed by atoms with van der Waals surface area (Å²) in [4.78, 5) is 39.5. The van der Waals surface area contributed by atoms with Gasteiger partial charge in [0.05, 0.1) is 5.92 Å². The second-order valence-corrected chi connectivity index (χ2v) is 9.60. The van der Waals surface area contributed by atoms with Crippen molar-refractivity contribution >= 4 is 40.5 Å². The number of hydrogen-bond donors (Lipinski definition) is 1. The lowest BCUT2D eigenvalue weighted by molar-refractivity contribution is -0.138. The summed E-state index contributed by atoms with van der Waals surface area (Å²) in [6, 6.07) is 9.32. The third-order valence-corrected chi connectivity index (χ3v) is 6.70. The topological polar surface area (TPSA) is 66.5 Å². The van der Waals surface area contributed by atoms with Gasteiger partial charge in [0.2, 0.25) is 11.8 Å². The van der Waals surface area contributed by atoms with E-state index in [1.54, 1.807) is 11.8 Å². The van der Waals surface area contributed by atoms with E-state index < -0.39 is 6.04 Å². The molecule has 1 N–H and O–H groups in total. The molecule has 1 saturated heterocycles. The van der Waals surface area contributed by atoms with Crippen LogP contribution in [0.5, 0.6) is 0 Å². The fourth-order valence-corrected chi connectivity index (χ4v) is 4.64. The third kappa shape index (κ3) is 8.42. The first-order valence-electron chi connectivity index (χ1n) is 10.3. The van der Waals surface area contributed by atoms with Crippen molar-refractivity contribution in [2.75, 3.05) is 30.9 Å². The number of carbonyl (C=O) groups is 3. The Balaban J connectivity index is 2.07. The molecule has 0 spiro atoms. The van der Waals surface area contributed by atoms with Gasteiger partial charge < -0.3 is 10.2 Å². The summed E-state index contributed by atoms with van der Waals surface area (Å²) in [5.41, 5.74) is 1.06. The van der Waals surface area contributed by atoms with Gasteiger partial charge in [-0.15, -0.1) is 0 Å². The summed E-state index contributed by atoms with van der Waals surface area (Å²) in [5, 5.41) is 3.02. The molecule has 2 atom stereocenters.